The number of benzene rings is 1. The van der Waals surface area contributed by atoms with E-state index in [1.54, 1.807) is 0 Å². The molecule has 1 aliphatic carbocycles. The maximum atomic E-state index is 4.53. The summed E-state index contributed by atoms with van der Waals surface area (Å²) in [7, 11) is 0. The van der Waals surface area contributed by atoms with Crippen molar-refractivity contribution in [3.8, 4) is 0 Å². The fraction of sp³-hybridized carbons (Fsp3) is 0.625. The first-order valence-corrected chi connectivity index (χ1v) is 10.7. The van der Waals surface area contributed by atoms with E-state index in [2.05, 4.69) is 61.4 Å². The summed E-state index contributed by atoms with van der Waals surface area (Å²) in [5.41, 5.74) is 2.68. The Hall–Kier alpha value is -1.41. The second-order valence-corrected chi connectivity index (χ2v) is 8.87. The number of fused-ring (bicyclic) bond motifs is 1. The molecule has 1 unspecified atom stereocenters. The van der Waals surface area contributed by atoms with E-state index >= 15 is 0 Å². The van der Waals surface area contributed by atoms with E-state index < -0.39 is 0 Å². The SMILES string of the molecule is CC(C)CNCC(C)CCC1CCC(c2ccnc3ccccc23)CC1. The van der Waals surface area contributed by atoms with Crippen LogP contribution >= 0.6 is 0 Å². The Kier molecular flexibility index (Phi) is 7.07. The molecule has 2 heteroatoms. The summed E-state index contributed by atoms with van der Waals surface area (Å²) in [6.45, 7) is 9.29. The van der Waals surface area contributed by atoms with Gasteiger partial charge in [-0.2, -0.15) is 0 Å². The van der Waals surface area contributed by atoms with Gasteiger partial charge in [0.05, 0.1) is 5.52 Å². The molecule has 1 aliphatic rings. The van der Waals surface area contributed by atoms with E-state index in [9.17, 15) is 0 Å². The molecule has 0 amide bonds. The topological polar surface area (TPSA) is 24.9 Å². The Morgan fingerprint density at radius 2 is 1.77 bits per heavy atom. The van der Waals surface area contributed by atoms with E-state index in [0.29, 0.717) is 0 Å². The molecule has 0 bridgehead atoms. The fourth-order valence-corrected chi connectivity index (χ4v) is 4.48. The number of nitrogens with zero attached hydrogens (tertiary/aromatic N) is 1. The van der Waals surface area contributed by atoms with Gasteiger partial charge in [-0.3, -0.25) is 4.98 Å². The summed E-state index contributed by atoms with van der Waals surface area (Å²) in [6.07, 6.45) is 10.3. The highest BCUT2D eigenvalue weighted by atomic mass is 14.9. The predicted molar refractivity (Wildman–Crippen MR) is 113 cm³/mol. The summed E-state index contributed by atoms with van der Waals surface area (Å²) in [4.78, 5) is 4.53. The van der Waals surface area contributed by atoms with Crippen molar-refractivity contribution in [2.45, 2.75) is 65.2 Å². The molecule has 2 aromatic rings. The van der Waals surface area contributed by atoms with Crippen LogP contribution in [0.3, 0.4) is 0 Å². The van der Waals surface area contributed by atoms with Gasteiger partial charge in [-0.25, -0.2) is 0 Å². The Balaban J connectivity index is 1.45. The summed E-state index contributed by atoms with van der Waals surface area (Å²) in [6, 6.07) is 10.9. The van der Waals surface area contributed by atoms with Crippen molar-refractivity contribution in [2.75, 3.05) is 13.1 Å². The lowest BCUT2D eigenvalue weighted by Gasteiger charge is -2.30. The zero-order valence-electron chi connectivity index (χ0n) is 16.9. The largest absolute Gasteiger partial charge is 0.316 e. The fourth-order valence-electron chi connectivity index (χ4n) is 4.48. The van der Waals surface area contributed by atoms with Crippen LogP contribution in [0, 0.1) is 17.8 Å². The maximum Gasteiger partial charge on any atom is 0.0704 e. The second kappa shape index (κ2) is 9.50. The third-order valence-electron chi connectivity index (χ3n) is 6.08. The number of para-hydroxylation sites is 1. The normalized spacial score (nSPS) is 22.0. The van der Waals surface area contributed by atoms with Gasteiger partial charge in [-0.15, -0.1) is 0 Å². The number of hydrogen-bond acceptors (Lipinski definition) is 2. The molecule has 1 aromatic heterocycles. The lowest BCUT2D eigenvalue weighted by atomic mass is 9.76. The average Bonchev–Trinajstić information content (AvgIpc) is 2.66. The van der Waals surface area contributed by atoms with Gasteiger partial charge < -0.3 is 5.32 Å². The van der Waals surface area contributed by atoms with Crippen LogP contribution in [0.15, 0.2) is 36.5 Å². The second-order valence-electron chi connectivity index (χ2n) is 8.87. The highest BCUT2D eigenvalue weighted by Gasteiger charge is 2.23. The Morgan fingerprint density at radius 3 is 2.54 bits per heavy atom. The standard InChI is InChI=1S/C24H36N2/c1-18(2)16-25-17-19(3)8-9-20-10-12-21(13-11-20)22-14-15-26-24-7-5-4-6-23(22)24/h4-7,14-15,18-21,25H,8-13,16-17H2,1-3H3. The van der Waals surface area contributed by atoms with Crippen LogP contribution in [0.25, 0.3) is 10.9 Å². The van der Waals surface area contributed by atoms with Crippen molar-refractivity contribution in [1.82, 2.24) is 10.3 Å². The van der Waals surface area contributed by atoms with Crippen LogP contribution < -0.4 is 5.32 Å². The van der Waals surface area contributed by atoms with E-state index in [-0.39, 0.29) is 0 Å². The first-order valence-electron chi connectivity index (χ1n) is 10.7. The molecule has 0 spiro atoms. The van der Waals surface area contributed by atoms with Gasteiger partial charge in [0.2, 0.25) is 0 Å². The summed E-state index contributed by atoms with van der Waals surface area (Å²) in [5, 5.41) is 4.98. The number of nitrogens with one attached hydrogen (secondary N) is 1. The maximum absolute atomic E-state index is 4.53. The van der Waals surface area contributed by atoms with Crippen molar-refractivity contribution in [1.29, 1.82) is 0 Å². The average molecular weight is 353 g/mol. The molecule has 26 heavy (non-hydrogen) atoms. The molecule has 142 valence electrons. The van der Waals surface area contributed by atoms with Crippen LogP contribution in [-0.4, -0.2) is 18.1 Å². The van der Waals surface area contributed by atoms with Crippen molar-refractivity contribution < 1.29 is 0 Å². The minimum atomic E-state index is 0.726. The van der Waals surface area contributed by atoms with Crippen LogP contribution in [0.2, 0.25) is 0 Å². The summed E-state index contributed by atoms with van der Waals surface area (Å²) in [5.74, 6) is 3.22. The number of aromatic nitrogens is 1. The first-order chi connectivity index (χ1) is 12.6. The molecule has 1 atom stereocenters. The van der Waals surface area contributed by atoms with Crippen molar-refractivity contribution in [3.63, 3.8) is 0 Å². The van der Waals surface area contributed by atoms with Crippen LogP contribution in [-0.2, 0) is 0 Å². The molecule has 3 rings (SSSR count). The van der Waals surface area contributed by atoms with E-state index in [1.807, 2.05) is 6.20 Å². The summed E-state index contributed by atoms with van der Waals surface area (Å²) >= 11 is 0. The molecule has 2 nitrogen and oxygen atoms in total. The van der Waals surface area contributed by atoms with Gasteiger partial charge >= 0.3 is 0 Å². The quantitative estimate of drug-likeness (QED) is 0.614. The van der Waals surface area contributed by atoms with Gasteiger partial charge in [0.25, 0.3) is 0 Å². The van der Waals surface area contributed by atoms with Crippen LogP contribution in [0.1, 0.15) is 70.8 Å². The zero-order valence-corrected chi connectivity index (χ0v) is 16.9. The Labute approximate surface area is 159 Å². The smallest absolute Gasteiger partial charge is 0.0704 e. The van der Waals surface area contributed by atoms with Gasteiger partial charge in [0.1, 0.15) is 0 Å². The van der Waals surface area contributed by atoms with Crippen molar-refractivity contribution in [3.05, 3.63) is 42.1 Å². The predicted octanol–water partition coefficient (Wildman–Crippen LogP) is 6.17. The van der Waals surface area contributed by atoms with Gasteiger partial charge in [0.15, 0.2) is 0 Å². The number of pyridine rings is 1. The molecular weight excluding hydrogens is 316 g/mol. The van der Waals surface area contributed by atoms with Crippen molar-refractivity contribution in [2.24, 2.45) is 17.8 Å². The van der Waals surface area contributed by atoms with Crippen LogP contribution in [0.5, 0.6) is 0 Å². The minimum Gasteiger partial charge on any atom is -0.316 e. The Bertz CT molecular complexity index is 665. The molecule has 0 saturated heterocycles. The van der Waals surface area contributed by atoms with Gasteiger partial charge in [0, 0.05) is 11.6 Å². The lowest BCUT2D eigenvalue weighted by Crippen LogP contribution is -2.25. The van der Waals surface area contributed by atoms with Crippen LogP contribution in [0.4, 0.5) is 0 Å². The highest BCUT2D eigenvalue weighted by Crippen LogP contribution is 2.39. The molecule has 1 N–H and O–H groups in total. The molecule has 1 fully saturated rings. The highest BCUT2D eigenvalue weighted by molar-refractivity contribution is 5.82. The first kappa shape index (κ1) is 19.4. The molecule has 1 heterocycles. The molecular formula is C24H36N2. The Morgan fingerprint density at radius 1 is 1.00 bits per heavy atom. The third-order valence-corrected chi connectivity index (χ3v) is 6.08. The van der Waals surface area contributed by atoms with Gasteiger partial charge in [-0.1, -0.05) is 45.4 Å². The lowest BCUT2D eigenvalue weighted by molar-refractivity contribution is 0.288. The van der Waals surface area contributed by atoms with E-state index in [4.69, 9.17) is 0 Å². The molecule has 0 aliphatic heterocycles. The molecule has 1 aromatic carbocycles. The third kappa shape index (κ3) is 5.30. The summed E-state index contributed by atoms with van der Waals surface area (Å²) < 4.78 is 0. The van der Waals surface area contributed by atoms with Crippen molar-refractivity contribution >= 4 is 10.9 Å². The van der Waals surface area contributed by atoms with Gasteiger partial charge in [-0.05, 0) is 86.6 Å². The number of rotatable bonds is 8. The molecule has 1 saturated carbocycles. The minimum absolute atomic E-state index is 0.726. The van der Waals surface area contributed by atoms with E-state index in [0.717, 1.165) is 35.7 Å². The molecule has 0 radical (unpaired) electrons. The number of hydrogen-bond donors (Lipinski definition) is 1. The zero-order chi connectivity index (χ0) is 18.4. The monoisotopic (exact) mass is 352 g/mol. The van der Waals surface area contributed by atoms with E-state index in [1.165, 1.54) is 56.0 Å².